The van der Waals surface area contributed by atoms with Crippen LogP contribution in [0.1, 0.15) is 38.1 Å². The van der Waals surface area contributed by atoms with Crippen LogP contribution in [0, 0.1) is 25.2 Å². The van der Waals surface area contributed by atoms with Gasteiger partial charge >= 0.3 is 0 Å². The lowest BCUT2D eigenvalue weighted by atomic mass is 9.92. The Kier molecular flexibility index (Phi) is 6.14. The molecule has 2 heterocycles. The van der Waals surface area contributed by atoms with Crippen molar-refractivity contribution in [3.63, 3.8) is 0 Å². The van der Waals surface area contributed by atoms with E-state index in [1.807, 2.05) is 13.8 Å². The molecule has 1 saturated heterocycles. The number of nitrogens with one attached hydrogen (secondary N) is 1. The predicted molar refractivity (Wildman–Crippen MR) is 100 cm³/mol. The standard InChI is InChI=1S/C17H31N5O3S/c1-12-15(13(2)20-19-12)26(24,25)22-8-6-7-14(9-22)16(23)21(5)11-17(3,4)10-18/h14H,6-11,18H2,1-5H3,(H,19,20). The molecule has 1 amide bonds. The van der Waals surface area contributed by atoms with Gasteiger partial charge in [0.15, 0.2) is 0 Å². The van der Waals surface area contributed by atoms with Crippen LogP contribution < -0.4 is 5.73 Å². The number of rotatable bonds is 6. The minimum atomic E-state index is -3.66. The van der Waals surface area contributed by atoms with Crippen LogP contribution in [-0.2, 0) is 14.8 Å². The fourth-order valence-electron chi connectivity index (χ4n) is 3.51. The summed E-state index contributed by atoms with van der Waals surface area (Å²) in [4.78, 5) is 14.7. The number of piperidine rings is 1. The summed E-state index contributed by atoms with van der Waals surface area (Å²) in [7, 11) is -1.90. The third-order valence-electron chi connectivity index (χ3n) is 4.99. The van der Waals surface area contributed by atoms with Gasteiger partial charge in [-0.1, -0.05) is 13.8 Å². The molecule has 1 aromatic rings. The van der Waals surface area contributed by atoms with Gasteiger partial charge in [-0.2, -0.15) is 9.40 Å². The quantitative estimate of drug-likeness (QED) is 0.754. The third-order valence-corrected chi connectivity index (χ3v) is 7.11. The molecule has 8 nitrogen and oxygen atoms in total. The molecule has 0 saturated carbocycles. The number of amides is 1. The zero-order valence-corrected chi connectivity index (χ0v) is 17.2. The Labute approximate surface area is 156 Å². The monoisotopic (exact) mass is 385 g/mol. The Morgan fingerprint density at radius 1 is 1.42 bits per heavy atom. The maximum atomic E-state index is 13.0. The number of aryl methyl sites for hydroxylation is 2. The Morgan fingerprint density at radius 2 is 2.08 bits per heavy atom. The molecular formula is C17H31N5O3S. The molecule has 1 aliphatic heterocycles. The Hall–Kier alpha value is -1.45. The van der Waals surface area contributed by atoms with Gasteiger partial charge in [0.2, 0.25) is 15.9 Å². The second-order valence-corrected chi connectivity index (χ2v) is 9.90. The highest BCUT2D eigenvalue weighted by atomic mass is 32.2. The van der Waals surface area contributed by atoms with Crippen LogP contribution in [0.3, 0.4) is 0 Å². The first-order chi connectivity index (χ1) is 12.0. The molecule has 3 N–H and O–H groups in total. The van der Waals surface area contributed by atoms with Crippen molar-refractivity contribution in [3.8, 4) is 0 Å². The van der Waals surface area contributed by atoms with Gasteiger partial charge < -0.3 is 10.6 Å². The first-order valence-electron chi connectivity index (χ1n) is 8.96. The van der Waals surface area contributed by atoms with Crippen molar-refractivity contribution in [2.75, 3.05) is 33.2 Å². The number of sulfonamides is 1. The second-order valence-electron chi connectivity index (χ2n) is 8.03. The van der Waals surface area contributed by atoms with Crippen molar-refractivity contribution in [3.05, 3.63) is 11.4 Å². The lowest BCUT2D eigenvalue weighted by Gasteiger charge is -2.35. The maximum absolute atomic E-state index is 13.0. The Balaban J connectivity index is 2.15. The minimum absolute atomic E-state index is 0.0212. The number of hydrogen-bond acceptors (Lipinski definition) is 5. The molecule has 0 aromatic carbocycles. The number of aromatic amines is 1. The van der Waals surface area contributed by atoms with Crippen LogP contribution in [0.2, 0.25) is 0 Å². The molecule has 1 unspecified atom stereocenters. The van der Waals surface area contributed by atoms with E-state index >= 15 is 0 Å². The molecule has 1 atom stereocenters. The van der Waals surface area contributed by atoms with Gasteiger partial charge in [-0.15, -0.1) is 0 Å². The van der Waals surface area contributed by atoms with Crippen LogP contribution in [0.15, 0.2) is 4.90 Å². The lowest BCUT2D eigenvalue weighted by Crippen LogP contribution is -2.48. The van der Waals surface area contributed by atoms with Gasteiger partial charge in [0.05, 0.1) is 17.3 Å². The predicted octanol–water partition coefficient (Wildman–Crippen LogP) is 0.871. The number of carbonyl (C=O) groups excluding carboxylic acids is 1. The van der Waals surface area contributed by atoms with Crippen molar-refractivity contribution in [2.45, 2.75) is 45.4 Å². The van der Waals surface area contributed by atoms with E-state index in [1.165, 1.54) is 4.31 Å². The Morgan fingerprint density at radius 3 is 2.62 bits per heavy atom. The average molecular weight is 386 g/mol. The van der Waals surface area contributed by atoms with Crippen LogP contribution >= 0.6 is 0 Å². The summed E-state index contributed by atoms with van der Waals surface area (Å²) in [6, 6.07) is 0. The second kappa shape index (κ2) is 7.66. The molecule has 0 aliphatic carbocycles. The van der Waals surface area contributed by atoms with E-state index in [9.17, 15) is 13.2 Å². The van der Waals surface area contributed by atoms with Gasteiger partial charge in [0, 0.05) is 26.7 Å². The lowest BCUT2D eigenvalue weighted by molar-refractivity contribution is -0.136. The third kappa shape index (κ3) is 4.27. The number of H-pyrrole nitrogens is 1. The van der Waals surface area contributed by atoms with E-state index in [2.05, 4.69) is 10.2 Å². The van der Waals surface area contributed by atoms with Crippen molar-refractivity contribution in [1.82, 2.24) is 19.4 Å². The van der Waals surface area contributed by atoms with Crippen LogP contribution in [0.4, 0.5) is 0 Å². The molecule has 9 heteroatoms. The summed E-state index contributed by atoms with van der Waals surface area (Å²) >= 11 is 0. The summed E-state index contributed by atoms with van der Waals surface area (Å²) < 4.78 is 27.5. The molecule has 0 spiro atoms. The van der Waals surface area contributed by atoms with Gasteiger partial charge in [-0.05, 0) is 38.6 Å². The molecule has 0 radical (unpaired) electrons. The van der Waals surface area contributed by atoms with E-state index in [-0.39, 0.29) is 28.7 Å². The number of nitrogens with zero attached hydrogens (tertiary/aromatic N) is 3. The molecule has 1 fully saturated rings. The topological polar surface area (TPSA) is 112 Å². The van der Waals surface area contributed by atoms with Crippen LogP contribution in [0.25, 0.3) is 0 Å². The highest BCUT2D eigenvalue weighted by molar-refractivity contribution is 7.89. The normalized spacial score (nSPS) is 19.5. The number of nitrogens with two attached hydrogens (primary N) is 1. The molecule has 148 valence electrons. The largest absolute Gasteiger partial charge is 0.345 e. The van der Waals surface area contributed by atoms with E-state index in [4.69, 9.17) is 5.73 Å². The van der Waals surface area contributed by atoms with E-state index < -0.39 is 10.0 Å². The summed E-state index contributed by atoms with van der Waals surface area (Å²) in [5, 5.41) is 6.72. The summed E-state index contributed by atoms with van der Waals surface area (Å²) in [6.45, 7) is 9.05. The van der Waals surface area contributed by atoms with E-state index in [0.29, 0.717) is 43.9 Å². The molecule has 0 bridgehead atoms. The van der Waals surface area contributed by atoms with Crippen molar-refractivity contribution in [2.24, 2.45) is 17.1 Å². The van der Waals surface area contributed by atoms with Crippen molar-refractivity contribution >= 4 is 15.9 Å². The SMILES string of the molecule is Cc1n[nH]c(C)c1S(=O)(=O)N1CCCC(C(=O)N(C)CC(C)(C)CN)C1. The molecule has 1 aliphatic rings. The minimum Gasteiger partial charge on any atom is -0.345 e. The molecular weight excluding hydrogens is 354 g/mol. The molecule has 2 rings (SSSR count). The first-order valence-corrected chi connectivity index (χ1v) is 10.4. The Bertz CT molecular complexity index is 737. The summed E-state index contributed by atoms with van der Waals surface area (Å²) in [5.41, 5.74) is 6.57. The van der Waals surface area contributed by atoms with Gasteiger partial charge in [-0.3, -0.25) is 9.89 Å². The number of aromatic nitrogens is 2. The zero-order valence-electron chi connectivity index (χ0n) is 16.4. The van der Waals surface area contributed by atoms with Crippen molar-refractivity contribution in [1.29, 1.82) is 0 Å². The van der Waals surface area contributed by atoms with E-state index in [0.717, 1.165) is 0 Å². The molecule has 1 aromatic heterocycles. The van der Waals surface area contributed by atoms with Crippen LogP contribution in [0.5, 0.6) is 0 Å². The summed E-state index contributed by atoms with van der Waals surface area (Å²) in [6.07, 6.45) is 1.36. The van der Waals surface area contributed by atoms with Gasteiger partial charge in [0.1, 0.15) is 4.90 Å². The van der Waals surface area contributed by atoms with Gasteiger partial charge in [-0.25, -0.2) is 8.42 Å². The highest BCUT2D eigenvalue weighted by Crippen LogP contribution is 2.28. The van der Waals surface area contributed by atoms with Crippen LogP contribution in [-0.4, -0.2) is 67.0 Å². The first kappa shape index (κ1) is 20.9. The van der Waals surface area contributed by atoms with E-state index in [1.54, 1.807) is 25.8 Å². The average Bonchev–Trinajstić information content (AvgIpc) is 2.93. The fourth-order valence-corrected chi connectivity index (χ4v) is 5.36. The van der Waals surface area contributed by atoms with Gasteiger partial charge in [0.25, 0.3) is 0 Å². The number of carbonyl (C=O) groups is 1. The maximum Gasteiger partial charge on any atom is 0.246 e. The summed E-state index contributed by atoms with van der Waals surface area (Å²) in [5.74, 6) is -0.350. The zero-order chi connectivity index (χ0) is 19.7. The highest BCUT2D eigenvalue weighted by Gasteiger charge is 2.37. The smallest absolute Gasteiger partial charge is 0.246 e. The number of hydrogen-bond donors (Lipinski definition) is 2. The van der Waals surface area contributed by atoms with Crippen molar-refractivity contribution < 1.29 is 13.2 Å². The fraction of sp³-hybridized carbons (Fsp3) is 0.765. The molecule has 26 heavy (non-hydrogen) atoms.